The molecule has 1 unspecified atom stereocenters. The van der Waals surface area contributed by atoms with Crippen molar-refractivity contribution in [3.05, 3.63) is 0 Å². The smallest absolute Gasteiger partial charge is 0.0471 e. The number of fused-ring (bicyclic) bond motifs is 1. The lowest BCUT2D eigenvalue weighted by Crippen LogP contribution is -2.46. The van der Waals surface area contributed by atoms with Crippen LogP contribution < -0.4 is 0 Å². The maximum Gasteiger partial charge on any atom is 0.0471 e. The number of hydrogen-bond donors (Lipinski definition) is 0. The lowest BCUT2D eigenvalue weighted by Gasteiger charge is -2.40. The van der Waals surface area contributed by atoms with Crippen LogP contribution in [0.3, 0.4) is 0 Å². The second-order valence-corrected chi connectivity index (χ2v) is 7.20. The predicted molar refractivity (Wildman–Crippen MR) is 78.4 cm³/mol. The van der Waals surface area contributed by atoms with E-state index in [0.29, 0.717) is 5.41 Å². The van der Waals surface area contributed by atoms with Crippen LogP contribution in [0.1, 0.15) is 45.4 Å². The number of hydrogen-bond acceptors (Lipinski definition) is 3. The Balaban J connectivity index is 1.58. The van der Waals surface area contributed by atoms with Crippen LogP contribution in [0, 0.1) is 5.41 Å². The molecule has 0 aromatic heterocycles. The minimum Gasteiger partial charge on any atom is -0.381 e. The van der Waals surface area contributed by atoms with Crippen LogP contribution in [-0.4, -0.2) is 61.8 Å². The fourth-order valence-electron chi connectivity index (χ4n) is 4.15. The summed E-state index contributed by atoms with van der Waals surface area (Å²) in [5.74, 6) is 0. The van der Waals surface area contributed by atoms with Gasteiger partial charge in [0.15, 0.2) is 0 Å². The molecule has 3 heterocycles. The van der Waals surface area contributed by atoms with Gasteiger partial charge in [-0.25, -0.2) is 0 Å². The van der Waals surface area contributed by atoms with E-state index in [1.807, 2.05) is 0 Å². The van der Waals surface area contributed by atoms with E-state index in [-0.39, 0.29) is 0 Å². The summed E-state index contributed by atoms with van der Waals surface area (Å²) in [6, 6.07) is 0.847. The topological polar surface area (TPSA) is 15.7 Å². The standard InChI is InChI=1S/C16H30N2O/c1-16(6-11-19-12-7-16)14-17-8-4-10-18-9-3-2-5-15(18)13-17/h15H,2-14H2,1H3. The van der Waals surface area contributed by atoms with E-state index in [4.69, 9.17) is 4.74 Å². The van der Waals surface area contributed by atoms with E-state index < -0.39 is 0 Å². The van der Waals surface area contributed by atoms with Crippen LogP contribution in [0.2, 0.25) is 0 Å². The minimum atomic E-state index is 0.502. The zero-order valence-electron chi connectivity index (χ0n) is 12.6. The third-order valence-electron chi connectivity index (χ3n) is 5.44. The Hall–Kier alpha value is -0.120. The summed E-state index contributed by atoms with van der Waals surface area (Å²) >= 11 is 0. The maximum absolute atomic E-state index is 5.54. The van der Waals surface area contributed by atoms with Crippen molar-refractivity contribution < 1.29 is 4.74 Å². The number of rotatable bonds is 2. The molecule has 0 N–H and O–H groups in total. The molecule has 0 radical (unpaired) electrons. The SMILES string of the molecule is CC1(CN2CCCN3CCCCC3C2)CCOCC1. The highest BCUT2D eigenvalue weighted by atomic mass is 16.5. The molecule has 3 rings (SSSR count). The first-order valence-electron chi connectivity index (χ1n) is 8.29. The van der Waals surface area contributed by atoms with Gasteiger partial charge < -0.3 is 9.64 Å². The first-order chi connectivity index (χ1) is 9.25. The molecule has 3 aliphatic heterocycles. The Bertz CT molecular complexity index is 288. The number of ether oxygens (including phenoxy) is 1. The molecule has 3 saturated heterocycles. The predicted octanol–water partition coefficient (Wildman–Crippen LogP) is 2.36. The van der Waals surface area contributed by atoms with Crippen molar-refractivity contribution >= 4 is 0 Å². The second-order valence-electron chi connectivity index (χ2n) is 7.20. The highest BCUT2D eigenvalue weighted by molar-refractivity contribution is 4.87. The summed E-state index contributed by atoms with van der Waals surface area (Å²) in [5, 5.41) is 0. The third-order valence-corrected chi connectivity index (χ3v) is 5.44. The highest BCUT2D eigenvalue weighted by Gasteiger charge is 2.33. The van der Waals surface area contributed by atoms with E-state index in [1.165, 1.54) is 71.2 Å². The van der Waals surface area contributed by atoms with Crippen LogP contribution >= 0.6 is 0 Å². The van der Waals surface area contributed by atoms with Crippen LogP contribution in [0.25, 0.3) is 0 Å². The normalized spacial score (nSPS) is 33.6. The summed E-state index contributed by atoms with van der Waals surface area (Å²) in [4.78, 5) is 5.52. The summed E-state index contributed by atoms with van der Waals surface area (Å²) in [6.07, 6.45) is 8.15. The third kappa shape index (κ3) is 3.50. The van der Waals surface area contributed by atoms with E-state index in [9.17, 15) is 0 Å². The molecule has 0 amide bonds. The van der Waals surface area contributed by atoms with Gasteiger partial charge in [0.05, 0.1) is 0 Å². The van der Waals surface area contributed by atoms with Crippen molar-refractivity contribution in [2.45, 2.75) is 51.5 Å². The van der Waals surface area contributed by atoms with Gasteiger partial charge in [-0.2, -0.15) is 0 Å². The average Bonchev–Trinajstić information content (AvgIpc) is 2.60. The molecule has 1 atom stereocenters. The van der Waals surface area contributed by atoms with Crippen molar-refractivity contribution in [1.29, 1.82) is 0 Å². The van der Waals surface area contributed by atoms with Gasteiger partial charge in [-0.1, -0.05) is 13.3 Å². The van der Waals surface area contributed by atoms with Crippen molar-refractivity contribution in [3.63, 3.8) is 0 Å². The van der Waals surface area contributed by atoms with Gasteiger partial charge in [0, 0.05) is 32.3 Å². The molecule has 3 fully saturated rings. The monoisotopic (exact) mass is 266 g/mol. The zero-order valence-corrected chi connectivity index (χ0v) is 12.6. The summed E-state index contributed by atoms with van der Waals surface area (Å²) in [6.45, 7) is 11.0. The highest BCUT2D eigenvalue weighted by Crippen LogP contribution is 2.32. The van der Waals surface area contributed by atoms with E-state index >= 15 is 0 Å². The van der Waals surface area contributed by atoms with Crippen molar-refractivity contribution in [3.8, 4) is 0 Å². The van der Waals surface area contributed by atoms with Crippen molar-refractivity contribution in [1.82, 2.24) is 9.80 Å². The fraction of sp³-hybridized carbons (Fsp3) is 1.00. The number of piperidine rings is 1. The van der Waals surface area contributed by atoms with Crippen molar-refractivity contribution in [2.75, 3.05) is 45.9 Å². The Morgan fingerprint density at radius 3 is 2.68 bits per heavy atom. The van der Waals surface area contributed by atoms with Gasteiger partial charge in [-0.05, 0) is 57.2 Å². The number of nitrogens with zero attached hydrogens (tertiary/aromatic N) is 2. The molecule has 0 aromatic carbocycles. The Labute approximate surface area is 118 Å². The van der Waals surface area contributed by atoms with Gasteiger partial charge in [0.1, 0.15) is 0 Å². The van der Waals surface area contributed by atoms with Gasteiger partial charge in [0.2, 0.25) is 0 Å². The molecule has 3 nitrogen and oxygen atoms in total. The Morgan fingerprint density at radius 2 is 1.84 bits per heavy atom. The quantitative estimate of drug-likeness (QED) is 0.763. The Morgan fingerprint density at radius 1 is 1.05 bits per heavy atom. The van der Waals surface area contributed by atoms with Gasteiger partial charge >= 0.3 is 0 Å². The van der Waals surface area contributed by atoms with E-state index in [0.717, 1.165) is 19.3 Å². The van der Waals surface area contributed by atoms with Gasteiger partial charge in [0.25, 0.3) is 0 Å². The molecule has 0 bridgehead atoms. The molecular weight excluding hydrogens is 236 g/mol. The molecule has 110 valence electrons. The van der Waals surface area contributed by atoms with Crippen molar-refractivity contribution in [2.24, 2.45) is 5.41 Å². The maximum atomic E-state index is 5.54. The van der Waals surface area contributed by atoms with E-state index in [1.54, 1.807) is 0 Å². The molecule has 3 aliphatic rings. The largest absolute Gasteiger partial charge is 0.381 e. The lowest BCUT2D eigenvalue weighted by atomic mass is 9.82. The molecule has 0 aromatic rings. The van der Waals surface area contributed by atoms with Crippen LogP contribution in [0.5, 0.6) is 0 Å². The molecule has 0 saturated carbocycles. The Kier molecular flexibility index (Phi) is 4.45. The molecule has 19 heavy (non-hydrogen) atoms. The van der Waals surface area contributed by atoms with Crippen LogP contribution in [-0.2, 0) is 4.74 Å². The first kappa shape index (κ1) is 13.8. The van der Waals surface area contributed by atoms with E-state index in [2.05, 4.69) is 16.7 Å². The van der Waals surface area contributed by atoms with Gasteiger partial charge in [-0.15, -0.1) is 0 Å². The summed E-state index contributed by atoms with van der Waals surface area (Å²) in [7, 11) is 0. The molecular formula is C16H30N2O. The summed E-state index contributed by atoms with van der Waals surface area (Å²) < 4.78 is 5.54. The lowest BCUT2D eigenvalue weighted by molar-refractivity contribution is 0.00281. The summed E-state index contributed by atoms with van der Waals surface area (Å²) in [5.41, 5.74) is 0.502. The minimum absolute atomic E-state index is 0.502. The molecule has 0 aliphatic carbocycles. The first-order valence-corrected chi connectivity index (χ1v) is 8.29. The fourth-order valence-corrected chi connectivity index (χ4v) is 4.15. The average molecular weight is 266 g/mol. The van der Waals surface area contributed by atoms with Gasteiger partial charge in [-0.3, -0.25) is 4.90 Å². The second kappa shape index (κ2) is 6.11. The van der Waals surface area contributed by atoms with Crippen LogP contribution in [0.15, 0.2) is 0 Å². The zero-order chi connectivity index (χ0) is 13.1. The molecule has 3 heteroatoms. The van der Waals surface area contributed by atoms with Crippen LogP contribution in [0.4, 0.5) is 0 Å². The molecule has 0 spiro atoms.